The van der Waals surface area contributed by atoms with Crippen LogP contribution in [0.25, 0.3) is 5.65 Å². The third-order valence-electron chi connectivity index (χ3n) is 3.39. The number of pyridine rings is 1. The van der Waals surface area contributed by atoms with Crippen LogP contribution < -0.4 is 5.32 Å². The molecule has 21 heavy (non-hydrogen) atoms. The summed E-state index contributed by atoms with van der Waals surface area (Å²) in [6.45, 7) is 5.08. The zero-order chi connectivity index (χ0) is 14.8. The van der Waals surface area contributed by atoms with Gasteiger partial charge in [0, 0.05) is 12.7 Å². The van der Waals surface area contributed by atoms with Crippen molar-refractivity contribution in [2.75, 3.05) is 5.32 Å². The van der Waals surface area contributed by atoms with Gasteiger partial charge in [-0.2, -0.15) is 4.98 Å². The summed E-state index contributed by atoms with van der Waals surface area (Å²) < 4.78 is 1.67. The van der Waals surface area contributed by atoms with Gasteiger partial charge in [0.25, 0.3) is 0 Å². The van der Waals surface area contributed by atoms with Crippen molar-refractivity contribution in [2.24, 2.45) is 0 Å². The molecule has 1 aromatic carbocycles. The lowest BCUT2D eigenvalue weighted by Gasteiger charge is -2.07. The van der Waals surface area contributed by atoms with Crippen molar-refractivity contribution in [2.45, 2.75) is 26.3 Å². The number of halogens is 1. The van der Waals surface area contributed by atoms with Crippen molar-refractivity contribution in [3.63, 3.8) is 0 Å². The first-order chi connectivity index (χ1) is 10.1. The van der Waals surface area contributed by atoms with Crippen LogP contribution in [0.5, 0.6) is 0 Å². The van der Waals surface area contributed by atoms with Gasteiger partial charge >= 0.3 is 0 Å². The quantitative estimate of drug-likeness (QED) is 0.788. The molecular weight excluding hydrogens is 284 g/mol. The van der Waals surface area contributed by atoms with Crippen LogP contribution in [-0.2, 0) is 6.54 Å². The topological polar surface area (TPSA) is 42.2 Å². The van der Waals surface area contributed by atoms with Crippen LogP contribution in [0.1, 0.15) is 30.9 Å². The number of benzene rings is 1. The lowest BCUT2D eigenvalue weighted by molar-refractivity contribution is 0.865. The van der Waals surface area contributed by atoms with Crippen molar-refractivity contribution in [3.8, 4) is 0 Å². The molecule has 0 amide bonds. The standard InChI is InChI=1S/C16H17ClN4/c1-11(2)13-5-3-12(4-6-13)9-18-16-19-15-8-7-14(17)10-21(15)20-16/h3-8,10-11H,9H2,1-2H3,(H,18,20). The van der Waals surface area contributed by atoms with Gasteiger partial charge in [0.05, 0.1) is 5.02 Å². The van der Waals surface area contributed by atoms with Crippen LogP contribution in [0.2, 0.25) is 5.02 Å². The lowest BCUT2D eigenvalue weighted by atomic mass is 10.0. The summed E-state index contributed by atoms with van der Waals surface area (Å²) in [7, 11) is 0. The van der Waals surface area contributed by atoms with E-state index in [0.29, 0.717) is 23.4 Å². The Bertz CT molecular complexity index is 747. The second kappa shape index (κ2) is 5.74. The van der Waals surface area contributed by atoms with E-state index >= 15 is 0 Å². The molecule has 2 aromatic heterocycles. The van der Waals surface area contributed by atoms with E-state index in [0.717, 1.165) is 5.65 Å². The number of hydrogen-bond donors (Lipinski definition) is 1. The first-order valence-electron chi connectivity index (χ1n) is 6.96. The van der Waals surface area contributed by atoms with E-state index in [9.17, 15) is 0 Å². The van der Waals surface area contributed by atoms with Crippen molar-refractivity contribution in [1.82, 2.24) is 14.6 Å². The van der Waals surface area contributed by atoms with E-state index in [1.54, 1.807) is 16.8 Å². The van der Waals surface area contributed by atoms with Crippen LogP contribution in [0.3, 0.4) is 0 Å². The summed E-state index contributed by atoms with van der Waals surface area (Å²) in [5.74, 6) is 1.15. The van der Waals surface area contributed by atoms with Crippen LogP contribution in [0.4, 0.5) is 5.95 Å². The number of nitrogens with zero attached hydrogens (tertiary/aromatic N) is 3. The number of anilines is 1. The molecule has 0 aliphatic carbocycles. The Kier molecular flexibility index (Phi) is 3.80. The van der Waals surface area contributed by atoms with Gasteiger partial charge in [0.1, 0.15) is 0 Å². The molecule has 3 rings (SSSR count). The highest BCUT2D eigenvalue weighted by Gasteiger charge is 2.04. The predicted molar refractivity (Wildman–Crippen MR) is 85.9 cm³/mol. The Balaban J connectivity index is 1.71. The summed E-state index contributed by atoms with van der Waals surface area (Å²) in [5, 5.41) is 8.22. The number of aromatic nitrogens is 3. The molecule has 5 heteroatoms. The molecule has 0 bridgehead atoms. The van der Waals surface area contributed by atoms with Gasteiger partial charge in [-0.25, -0.2) is 4.52 Å². The second-order valence-corrected chi connectivity index (χ2v) is 5.77. The minimum Gasteiger partial charge on any atom is -0.349 e. The zero-order valence-electron chi connectivity index (χ0n) is 12.0. The lowest BCUT2D eigenvalue weighted by Crippen LogP contribution is -2.01. The Hall–Kier alpha value is -2.07. The van der Waals surface area contributed by atoms with E-state index in [2.05, 4.69) is 53.5 Å². The Labute approximate surface area is 128 Å². The fourth-order valence-corrected chi connectivity index (χ4v) is 2.29. The van der Waals surface area contributed by atoms with Crippen molar-refractivity contribution >= 4 is 23.2 Å². The van der Waals surface area contributed by atoms with Crippen molar-refractivity contribution in [1.29, 1.82) is 0 Å². The van der Waals surface area contributed by atoms with Crippen LogP contribution in [-0.4, -0.2) is 14.6 Å². The monoisotopic (exact) mass is 300 g/mol. The minimum atomic E-state index is 0.553. The number of fused-ring (bicyclic) bond motifs is 1. The Morgan fingerprint density at radius 1 is 1.14 bits per heavy atom. The summed E-state index contributed by atoms with van der Waals surface area (Å²) >= 11 is 5.93. The zero-order valence-corrected chi connectivity index (χ0v) is 12.8. The third kappa shape index (κ3) is 3.16. The van der Waals surface area contributed by atoms with Gasteiger partial charge in [-0.05, 0) is 29.2 Å². The maximum absolute atomic E-state index is 5.93. The first-order valence-corrected chi connectivity index (χ1v) is 7.34. The summed E-state index contributed by atoms with van der Waals surface area (Å²) in [6.07, 6.45) is 1.74. The molecule has 0 saturated heterocycles. The maximum atomic E-state index is 5.93. The highest BCUT2D eigenvalue weighted by Crippen LogP contribution is 2.16. The van der Waals surface area contributed by atoms with Crippen LogP contribution in [0.15, 0.2) is 42.6 Å². The smallest absolute Gasteiger partial charge is 0.243 e. The highest BCUT2D eigenvalue weighted by molar-refractivity contribution is 6.30. The van der Waals surface area contributed by atoms with Crippen LogP contribution in [0, 0.1) is 0 Å². The van der Waals surface area contributed by atoms with Gasteiger partial charge in [0.15, 0.2) is 5.65 Å². The molecule has 0 aliphatic heterocycles. The Morgan fingerprint density at radius 3 is 2.62 bits per heavy atom. The molecule has 0 unspecified atom stereocenters. The fourth-order valence-electron chi connectivity index (χ4n) is 2.13. The van der Waals surface area contributed by atoms with Crippen molar-refractivity contribution in [3.05, 3.63) is 58.7 Å². The molecule has 108 valence electrons. The van der Waals surface area contributed by atoms with Gasteiger partial charge in [-0.15, -0.1) is 5.10 Å². The largest absolute Gasteiger partial charge is 0.349 e. The van der Waals surface area contributed by atoms with Crippen LogP contribution >= 0.6 is 11.6 Å². The van der Waals surface area contributed by atoms with Gasteiger partial charge in [-0.3, -0.25) is 0 Å². The second-order valence-electron chi connectivity index (χ2n) is 5.34. The Morgan fingerprint density at radius 2 is 1.90 bits per heavy atom. The van der Waals surface area contributed by atoms with Crippen molar-refractivity contribution < 1.29 is 0 Å². The molecule has 2 heterocycles. The molecule has 0 atom stereocenters. The summed E-state index contributed by atoms with van der Waals surface area (Å²) in [6, 6.07) is 12.2. The van der Waals surface area contributed by atoms with E-state index in [1.807, 2.05) is 6.07 Å². The van der Waals surface area contributed by atoms with Gasteiger partial charge in [-0.1, -0.05) is 49.7 Å². The number of hydrogen-bond acceptors (Lipinski definition) is 3. The average molecular weight is 301 g/mol. The van der Waals surface area contributed by atoms with E-state index in [4.69, 9.17) is 11.6 Å². The normalized spacial score (nSPS) is 11.2. The molecule has 0 spiro atoms. The summed E-state index contributed by atoms with van der Waals surface area (Å²) in [5.41, 5.74) is 3.33. The van der Waals surface area contributed by atoms with E-state index in [-0.39, 0.29) is 0 Å². The number of nitrogens with one attached hydrogen (secondary N) is 1. The van der Waals surface area contributed by atoms with E-state index in [1.165, 1.54) is 11.1 Å². The molecule has 0 fully saturated rings. The van der Waals surface area contributed by atoms with E-state index < -0.39 is 0 Å². The van der Waals surface area contributed by atoms with Gasteiger partial charge < -0.3 is 5.32 Å². The molecule has 3 aromatic rings. The molecule has 0 saturated carbocycles. The number of rotatable bonds is 4. The maximum Gasteiger partial charge on any atom is 0.243 e. The molecular formula is C16H17ClN4. The molecule has 4 nitrogen and oxygen atoms in total. The average Bonchev–Trinajstić information content (AvgIpc) is 2.87. The van der Waals surface area contributed by atoms with Gasteiger partial charge in [0.2, 0.25) is 5.95 Å². The third-order valence-corrected chi connectivity index (χ3v) is 3.62. The minimum absolute atomic E-state index is 0.553. The molecule has 0 aliphatic rings. The highest BCUT2D eigenvalue weighted by atomic mass is 35.5. The predicted octanol–water partition coefficient (Wildman–Crippen LogP) is 4.12. The molecule has 0 radical (unpaired) electrons. The first kappa shape index (κ1) is 13.9. The summed E-state index contributed by atoms with van der Waals surface area (Å²) in [4.78, 5) is 4.40. The fraction of sp³-hybridized carbons (Fsp3) is 0.250. The SMILES string of the molecule is CC(C)c1ccc(CNc2nc3ccc(Cl)cn3n2)cc1. The molecule has 1 N–H and O–H groups in total.